The van der Waals surface area contributed by atoms with Crippen molar-refractivity contribution in [2.24, 2.45) is 5.73 Å². The second-order valence-corrected chi connectivity index (χ2v) is 5.80. The van der Waals surface area contributed by atoms with Crippen molar-refractivity contribution in [2.45, 2.75) is 25.4 Å². The van der Waals surface area contributed by atoms with Crippen molar-refractivity contribution in [3.05, 3.63) is 29.8 Å². The number of carbonyl (C=O) groups excluding carboxylic acids is 1. The molecule has 1 heterocycles. The Hall–Kier alpha value is -1.63. The van der Waals surface area contributed by atoms with Crippen LogP contribution in [0.4, 0.5) is 0 Å². The van der Waals surface area contributed by atoms with Gasteiger partial charge in [-0.05, 0) is 37.6 Å². The molecule has 0 bridgehead atoms. The molecular formula is C17H27N3O3. The van der Waals surface area contributed by atoms with Gasteiger partial charge in [-0.2, -0.15) is 0 Å². The largest absolute Gasteiger partial charge is 0.492 e. The fraction of sp³-hybridized carbons (Fsp3) is 0.588. The van der Waals surface area contributed by atoms with E-state index >= 15 is 0 Å². The standard InChI is InChI=1S/C17H27N3O3/c1-20(15-5-8-22-9-6-15)7-10-23-16-4-2-3-14(11-16)13-19-17(21)12-18/h2-4,11,15H,5-10,12-13,18H2,1H3,(H,19,21). The lowest BCUT2D eigenvalue weighted by molar-refractivity contribution is -0.119. The normalized spacial score (nSPS) is 15.6. The summed E-state index contributed by atoms with van der Waals surface area (Å²) in [4.78, 5) is 13.5. The Morgan fingerprint density at radius 1 is 1.43 bits per heavy atom. The predicted octanol–water partition coefficient (Wildman–Crippen LogP) is 0.751. The fourth-order valence-corrected chi connectivity index (χ4v) is 2.63. The van der Waals surface area contributed by atoms with Crippen LogP contribution >= 0.6 is 0 Å². The van der Waals surface area contributed by atoms with Gasteiger partial charge in [0.05, 0.1) is 6.54 Å². The van der Waals surface area contributed by atoms with Gasteiger partial charge in [0.25, 0.3) is 0 Å². The summed E-state index contributed by atoms with van der Waals surface area (Å²) in [6.07, 6.45) is 2.18. The fourth-order valence-electron chi connectivity index (χ4n) is 2.63. The number of hydrogen-bond acceptors (Lipinski definition) is 5. The number of nitrogens with zero attached hydrogens (tertiary/aromatic N) is 1. The van der Waals surface area contributed by atoms with E-state index in [0.29, 0.717) is 19.2 Å². The summed E-state index contributed by atoms with van der Waals surface area (Å²) in [5.41, 5.74) is 6.27. The van der Waals surface area contributed by atoms with Gasteiger partial charge in [-0.15, -0.1) is 0 Å². The van der Waals surface area contributed by atoms with Crippen molar-refractivity contribution in [2.75, 3.05) is 40.0 Å². The molecule has 1 saturated heterocycles. The molecule has 6 nitrogen and oxygen atoms in total. The third-order valence-corrected chi connectivity index (χ3v) is 4.10. The molecule has 6 heteroatoms. The van der Waals surface area contributed by atoms with E-state index in [4.69, 9.17) is 15.2 Å². The van der Waals surface area contributed by atoms with E-state index in [1.54, 1.807) is 0 Å². The van der Waals surface area contributed by atoms with Gasteiger partial charge < -0.3 is 20.5 Å². The van der Waals surface area contributed by atoms with E-state index in [-0.39, 0.29) is 12.5 Å². The van der Waals surface area contributed by atoms with Crippen LogP contribution in [0, 0.1) is 0 Å². The quantitative estimate of drug-likeness (QED) is 0.739. The molecule has 0 radical (unpaired) electrons. The van der Waals surface area contributed by atoms with Crippen molar-refractivity contribution >= 4 is 5.91 Å². The van der Waals surface area contributed by atoms with Gasteiger partial charge in [-0.3, -0.25) is 9.69 Å². The van der Waals surface area contributed by atoms with Gasteiger partial charge in [-0.1, -0.05) is 12.1 Å². The molecule has 1 aromatic rings. The maximum Gasteiger partial charge on any atom is 0.234 e. The van der Waals surface area contributed by atoms with Crippen LogP contribution in [0.2, 0.25) is 0 Å². The topological polar surface area (TPSA) is 76.8 Å². The van der Waals surface area contributed by atoms with Gasteiger partial charge in [0, 0.05) is 32.3 Å². The summed E-state index contributed by atoms with van der Waals surface area (Å²) < 4.78 is 11.2. The first-order valence-electron chi connectivity index (χ1n) is 8.15. The van der Waals surface area contributed by atoms with Crippen LogP contribution in [0.25, 0.3) is 0 Å². The maximum atomic E-state index is 11.2. The molecule has 2 rings (SSSR count). The van der Waals surface area contributed by atoms with Crippen LogP contribution in [0.15, 0.2) is 24.3 Å². The summed E-state index contributed by atoms with van der Waals surface area (Å²) in [6, 6.07) is 8.36. The van der Waals surface area contributed by atoms with Gasteiger partial charge in [-0.25, -0.2) is 0 Å². The third kappa shape index (κ3) is 6.17. The Balaban J connectivity index is 1.73. The summed E-state index contributed by atoms with van der Waals surface area (Å²) in [5, 5.41) is 2.75. The number of benzene rings is 1. The number of nitrogens with two attached hydrogens (primary N) is 1. The van der Waals surface area contributed by atoms with E-state index in [1.807, 2.05) is 24.3 Å². The maximum absolute atomic E-state index is 11.2. The zero-order valence-corrected chi connectivity index (χ0v) is 13.8. The van der Waals surface area contributed by atoms with Crippen LogP contribution in [0.1, 0.15) is 18.4 Å². The molecule has 0 aliphatic carbocycles. The number of amides is 1. The molecule has 0 unspecified atom stereocenters. The molecule has 1 fully saturated rings. The zero-order valence-electron chi connectivity index (χ0n) is 13.8. The van der Waals surface area contributed by atoms with Crippen molar-refractivity contribution in [3.8, 4) is 5.75 Å². The summed E-state index contributed by atoms with van der Waals surface area (Å²) in [7, 11) is 2.14. The minimum absolute atomic E-state index is 0.00866. The van der Waals surface area contributed by atoms with E-state index < -0.39 is 0 Å². The third-order valence-electron chi connectivity index (χ3n) is 4.10. The average molecular weight is 321 g/mol. The van der Waals surface area contributed by atoms with Crippen LogP contribution in [-0.4, -0.2) is 56.8 Å². The second-order valence-electron chi connectivity index (χ2n) is 5.80. The van der Waals surface area contributed by atoms with Gasteiger partial charge in [0.1, 0.15) is 12.4 Å². The van der Waals surface area contributed by atoms with E-state index in [2.05, 4.69) is 17.3 Å². The first-order chi connectivity index (χ1) is 11.2. The molecule has 1 aliphatic rings. The highest BCUT2D eigenvalue weighted by Gasteiger charge is 2.17. The van der Waals surface area contributed by atoms with Crippen molar-refractivity contribution in [1.82, 2.24) is 10.2 Å². The number of rotatable bonds is 8. The summed E-state index contributed by atoms with van der Waals surface area (Å²) >= 11 is 0. The van der Waals surface area contributed by atoms with Gasteiger partial charge >= 0.3 is 0 Å². The molecule has 1 aliphatic heterocycles. The predicted molar refractivity (Wildman–Crippen MR) is 89.3 cm³/mol. The Morgan fingerprint density at radius 3 is 2.96 bits per heavy atom. The Kier molecular flexibility index (Phi) is 7.32. The lowest BCUT2D eigenvalue weighted by Crippen LogP contribution is -2.38. The lowest BCUT2D eigenvalue weighted by atomic mass is 10.1. The molecule has 128 valence electrons. The second kappa shape index (κ2) is 9.50. The molecule has 3 N–H and O–H groups in total. The number of carbonyl (C=O) groups is 1. The van der Waals surface area contributed by atoms with E-state index in [0.717, 1.165) is 43.9 Å². The summed E-state index contributed by atoms with van der Waals surface area (Å²) in [5.74, 6) is 0.666. The highest BCUT2D eigenvalue weighted by atomic mass is 16.5. The van der Waals surface area contributed by atoms with Crippen LogP contribution in [-0.2, 0) is 16.1 Å². The van der Waals surface area contributed by atoms with Crippen LogP contribution in [0.3, 0.4) is 0 Å². The highest BCUT2D eigenvalue weighted by molar-refractivity contribution is 5.77. The van der Waals surface area contributed by atoms with Crippen molar-refractivity contribution < 1.29 is 14.3 Å². The van der Waals surface area contributed by atoms with Crippen LogP contribution in [0.5, 0.6) is 5.75 Å². The molecule has 1 amide bonds. The first-order valence-corrected chi connectivity index (χ1v) is 8.15. The molecule has 0 aromatic heterocycles. The average Bonchev–Trinajstić information content (AvgIpc) is 2.60. The minimum atomic E-state index is -0.158. The van der Waals surface area contributed by atoms with Crippen molar-refractivity contribution in [3.63, 3.8) is 0 Å². The molecular weight excluding hydrogens is 294 g/mol. The van der Waals surface area contributed by atoms with E-state index in [9.17, 15) is 4.79 Å². The lowest BCUT2D eigenvalue weighted by Gasteiger charge is -2.31. The van der Waals surface area contributed by atoms with Gasteiger partial charge in [0.2, 0.25) is 5.91 Å². The molecule has 1 aromatic carbocycles. The van der Waals surface area contributed by atoms with Crippen LogP contribution < -0.4 is 15.8 Å². The molecule has 0 spiro atoms. The Morgan fingerprint density at radius 2 is 2.22 bits per heavy atom. The Bertz CT molecular complexity index is 490. The number of hydrogen-bond donors (Lipinski definition) is 2. The molecule has 0 atom stereocenters. The SMILES string of the molecule is CN(CCOc1cccc(CNC(=O)CN)c1)C1CCOCC1. The smallest absolute Gasteiger partial charge is 0.234 e. The number of ether oxygens (including phenoxy) is 2. The number of likely N-dealkylation sites (N-methyl/N-ethyl adjacent to an activating group) is 1. The Labute approximate surface area is 137 Å². The minimum Gasteiger partial charge on any atom is -0.492 e. The van der Waals surface area contributed by atoms with Gasteiger partial charge in [0.15, 0.2) is 0 Å². The summed E-state index contributed by atoms with van der Waals surface area (Å²) in [6.45, 7) is 3.72. The first kappa shape index (κ1) is 17.7. The van der Waals surface area contributed by atoms with Crippen molar-refractivity contribution in [1.29, 1.82) is 0 Å². The molecule has 23 heavy (non-hydrogen) atoms. The number of nitrogens with one attached hydrogen (secondary N) is 1. The monoisotopic (exact) mass is 321 g/mol. The zero-order chi connectivity index (χ0) is 16.5. The highest BCUT2D eigenvalue weighted by Crippen LogP contribution is 2.15. The molecule has 0 saturated carbocycles. The van der Waals surface area contributed by atoms with E-state index in [1.165, 1.54) is 0 Å².